The van der Waals surface area contributed by atoms with Gasteiger partial charge in [0.2, 0.25) is 0 Å². The largest absolute Gasteiger partial charge is 0.255 e. The van der Waals surface area contributed by atoms with Gasteiger partial charge in [-0.15, -0.1) is 5.10 Å². The maximum atomic E-state index is 4.02. The van der Waals surface area contributed by atoms with Gasteiger partial charge in [-0.25, -0.2) is 0 Å². The zero-order valence-corrected chi connectivity index (χ0v) is 8.54. The summed E-state index contributed by atoms with van der Waals surface area (Å²) in [5.74, 6) is 0.420. The second-order valence-corrected chi connectivity index (χ2v) is 4.23. The number of hydrogen-bond acceptors (Lipinski definition) is 2. The summed E-state index contributed by atoms with van der Waals surface area (Å²) in [5, 5.41) is 7.89. The normalized spacial score (nSPS) is 16.4. The fourth-order valence-electron chi connectivity index (χ4n) is 0.809. The first kappa shape index (κ1) is 8.71. The highest BCUT2D eigenvalue weighted by Crippen LogP contribution is 2.21. The molecule has 1 aromatic heterocycles. The molecular weight excluding hydrogens is 206 g/mol. The van der Waals surface area contributed by atoms with Gasteiger partial charge in [0, 0.05) is 24.0 Å². The molecule has 11 heavy (non-hydrogen) atoms. The van der Waals surface area contributed by atoms with Crippen molar-refractivity contribution < 1.29 is 0 Å². The van der Waals surface area contributed by atoms with Crippen LogP contribution in [0.3, 0.4) is 0 Å². The Balaban J connectivity index is 2.76. The third-order valence-electron chi connectivity index (χ3n) is 1.78. The van der Waals surface area contributed by atoms with Crippen molar-refractivity contribution in [2.75, 3.05) is 0 Å². The number of rotatable bonds is 2. The molecule has 62 valence electrons. The fourth-order valence-corrected chi connectivity index (χ4v) is 1.08. The van der Waals surface area contributed by atoms with Gasteiger partial charge in [-0.05, 0) is 0 Å². The molecule has 0 bridgehead atoms. The molecule has 2 atom stereocenters. The average molecular weight is 218 g/mol. The lowest BCUT2D eigenvalue weighted by Crippen LogP contribution is -2.04. The minimum atomic E-state index is 0.420. The van der Waals surface area contributed by atoms with Crippen molar-refractivity contribution in [1.29, 1.82) is 0 Å². The number of nitrogens with zero attached hydrogens (tertiary/aromatic N) is 3. The predicted molar refractivity (Wildman–Crippen MR) is 47.8 cm³/mol. The smallest absolute Gasteiger partial charge is 0.0866 e. The van der Waals surface area contributed by atoms with Crippen molar-refractivity contribution in [3.8, 4) is 0 Å². The highest BCUT2D eigenvalue weighted by atomic mass is 79.9. The molecule has 0 aliphatic carbocycles. The van der Waals surface area contributed by atoms with E-state index in [-0.39, 0.29) is 0 Å². The van der Waals surface area contributed by atoms with Crippen LogP contribution in [-0.4, -0.2) is 19.8 Å². The van der Waals surface area contributed by atoms with Crippen LogP contribution < -0.4 is 0 Å². The molecule has 1 rings (SSSR count). The second-order valence-electron chi connectivity index (χ2n) is 2.78. The third kappa shape index (κ3) is 2.02. The second kappa shape index (κ2) is 3.34. The van der Waals surface area contributed by atoms with E-state index in [1.54, 1.807) is 4.68 Å². The lowest BCUT2D eigenvalue weighted by Gasteiger charge is -2.08. The van der Waals surface area contributed by atoms with Crippen molar-refractivity contribution >= 4 is 15.9 Å². The van der Waals surface area contributed by atoms with Crippen LogP contribution in [0, 0.1) is 0 Å². The van der Waals surface area contributed by atoms with Crippen molar-refractivity contribution in [2.45, 2.75) is 24.6 Å². The first-order valence-electron chi connectivity index (χ1n) is 3.61. The topological polar surface area (TPSA) is 30.7 Å². The van der Waals surface area contributed by atoms with E-state index >= 15 is 0 Å². The maximum absolute atomic E-state index is 4.02. The van der Waals surface area contributed by atoms with Crippen LogP contribution in [-0.2, 0) is 7.05 Å². The number of hydrogen-bond donors (Lipinski definition) is 0. The molecule has 0 fully saturated rings. The molecule has 3 nitrogen and oxygen atoms in total. The Morgan fingerprint density at radius 2 is 2.18 bits per heavy atom. The molecule has 0 aliphatic heterocycles. The van der Waals surface area contributed by atoms with Crippen molar-refractivity contribution in [3.05, 3.63) is 11.9 Å². The van der Waals surface area contributed by atoms with Crippen LogP contribution in [0.25, 0.3) is 0 Å². The highest BCUT2D eigenvalue weighted by molar-refractivity contribution is 9.09. The zero-order chi connectivity index (χ0) is 8.43. The summed E-state index contributed by atoms with van der Waals surface area (Å²) >= 11 is 3.51. The van der Waals surface area contributed by atoms with E-state index in [0.717, 1.165) is 5.69 Å². The molecule has 0 radical (unpaired) electrons. The van der Waals surface area contributed by atoms with Crippen molar-refractivity contribution in [3.63, 3.8) is 0 Å². The summed E-state index contributed by atoms with van der Waals surface area (Å²) in [5.41, 5.74) is 1.04. The van der Waals surface area contributed by atoms with Crippen LogP contribution in [0.2, 0.25) is 0 Å². The Kier molecular flexibility index (Phi) is 2.65. The van der Waals surface area contributed by atoms with Crippen LogP contribution in [0.4, 0.5) is 0 Å². The van der Waals surface area contributed by atoms with Crippen molar-refractivity contribution in [1.82, 2.24) is 15.0 Å². The van der Waals surface area contributed by atoms with E-state index in [0.29, 0.717) is 10.7 Å². The van der Waals surface area contributed by atoms with Crippen LogP contribution in [0.5, 0.6) is 0 Å². The molecule has 1 aromatic rings. The van der Waals surface area contributed by atoms with Gasteiger partial charge in [-0.3, -0.25) is 4.68 Å². The Labute approximate surface area is 74.9 Å². The first-order valence-corrected chi connectivity index (χ1v) is 4.53. The van der Waals surface area contributed by atoms with Gasteiger partial charge in [0.15, 0.2) is 0 Å². The van der Waals surface area contributed by atoms with E-state index in [4.69, 9.17) is 0 Å². The van der Waals surface area contributed by atoms with Crippen molar-refractivity contribution in [2.24, 2.45) is 7.05 Å². The Morgan fingerprint density at radius 3 is 2.55 bits per heavy atom. The SMILES string of the molecule is CC(Br)C(C)c1cn(C)nn1. The van der Waals surface area contributed by atoms with Gasteiger partial charge in [0.1, 0.15) is 0 Å². The molecule has 0 amide bonds. The minimum Gasteiger partial charge on any atom is -0.255 e. The lowest BCUT2D eigenvalue weighted by atomic mass is 10.1. The zero-order valence-electron chi connectivity index (χ0n) is 6.95. The van der Waals surface area contributed by atoms with E-state index in [1.165, 1.54) is 0 Å². The molecule has 0 aliphatic rings. The Morgan fingerprint density at radius 1 is 1.55 bits per heavy atom. The molecule has 1 heterocycles. The third-order valence-corrected chi connectivity index (χ3v) is 2.57. The van der Waals surface area contributed by atoms with Crippen LogP contribution in [0.15, 0.2) is 6.20 Å². The molecule has 0 spiro atoms. The summed E-state index contributed by atoms with van der Waals surface area (Å²) in [6, 6.07) is 0. The fraction of sp³-hybridized carbons (Fsp3) is 0.714. The molecule has 4 heteroatoms. The number of halogens is 1. The standard InChI is InChI=1S/C7H12BrN3/c1-5(6(2)8)7-4-11(3)10-9-7/h4-6H,1-3H3. The van der Waals surface area contributed by atoms with E-state index < -0.39 is 0 Å². The number of aromatic nitrogens is 3. The van der Waals surface area contributed by atoms with Gasteiger partial charge in [-0.1, -0.05) is 35.0 Å². The molecule has 0 saturated heterocycles. The van der Waals surface area contributed by atoms with Crippen LogP contribution >= 0.6 is 15.9 Å². The Hall–Kier alpha value is -0.380. The van der Waals surface area contributed by atoms with Gasteiger partial charge >= 0.3 is 0 Å². The number of aryl methyl sites for hydroxylation is 1. The summed E-state index contributed by atoms with van der Waals surface area (Å²) in [4.78, 5) is 0.444. The van der Waals surface area contributed by atoms with Gasteiger partial charge in [0.05, 0.1) is 5.69 Å². The lowest BCUT2D eigenvalue weighted by molar-refractivity contribution is 0.701. The van der Waals surface area contributed by atoms with E-state index in [9.17, 15) is 0 Å². The van der Waals surface area contributed by atoms with Gasteiger partial charge < -0.3 is 0 Å². The minimum absolute atomic E-state index is 0.420. The molecule has 0 aromatic carbocycles. The number of alkyl halides is 1. The molecule has 0 saturated carbocycles. The average Bonchev–Trinajstić information content (AvgIpc) is 2.34. The summed E-state index contributed by atoms with van der Waals surface area (Å²) < 4.78 is 1.72. The molecule has 2 unspecified atom stereocenters. The van der Waals surface area contributed by atoms with Crippen LogP contribution in [0.1, 0.15) is 25.5 Å². The summed E-state index contributed by atoms with van der Waals surface area (Å²) in [7, 11) is 1.88. The first-order chi connectivity index (χ1) is 5.11. The summed E-state index contributed by atoms with van der Waals surface area (Å²) in [6.07, 6.45) is 1.95. The Bertz CT molecular complexity index is 231. The quantitative estimate of drug-likeness (QED) is 0.707. The van der Waals surface area contributed by atoms with Gasteiger partial charge in [-0.2, -0.15) is 0 Å². The molecule has 0 N–H and O–H groups in total. The predicted octanol–water partition coefficient (Wildman–Crippen LogP) is 1.70. The van der Waals surface area contributed by atoms with E-state index in [1.807, 2.05) is 13.2 Å². The summed E-state index contributed by atoms with van der Waals surface area (Å²) in [6.45, 7) is 4.24. The van der Waals surface area contributed by atoms with E-state index in [2.05, 4.69) is 40.1 Å². The maximum Gasteiger partial charge on any atom is 0.0866 e. The van der Waals surface area contributed by atoms with Gasteiger partial charge in [0.25, 0.3) is 0 Å². The highest BCUT2D eigenvalue weighted by Gasteiger charge is 2.13. The molecular formula is C7H12BrN3. The monoisotopic (exact) mass is 217 g/mol.